The molecule has 0 radical (unpaired) electrons. The van der Waals surface area contributed by atoms with Crippen LogP contribution < -0.4 is 5.32 Å². The van der Waals surface area contributed by atoms with Gasteiger partial charge < -0.3 is 10.2 Å². The molecule has 1 aliphatic carbocycles. The summed E-state index contributed by atoms with van der Waals surface area (Å²) >= 11 is 0. The highest BCUT2D eigenvalue weighted by molar-refractivity contribution is 5.76. The number of hydrogen-bond acceptors (Lipinski definition) is 2. The molecule has 2 rings (SSSR count). The molecule has 0 spiro atoms. The molecule has 1 heterocycles. The standard InChI is InChI=1S/C16H26N2O/c1-2-3-4-5-6-16(19)18(15-7-8-15)13-14-9-11-17-12-10-14/h1,14-15,17H,3-13H2. The fourth-order valence-corrected chi connectivity index (χ4v) is 2.83. The van der Waals surface area contributed by atoms with E-state index < -0.39 is 0 Å². The summed E-state index contributed by atoms with van der Waals surface area (Å²) in [6.45, 7) is 3.21. The lowest BCUT2D eigenvalue weighted by Gasteiger charge is -2.30. The molecule has 0 bridgehead atoms. The largest absolute Gasteiger partial charge is 0.339 e. The number of nitrogens with zero attached hydrogens (tertiary/aromatic N) is 1. The molecule has 1 saturated carbocycles. The molecule has 0 unspecified atom stereocenters. The Morgan fingerprint density at radius 1 is 1.21 bits per heavy atom. The van der Waals surface area contributed by atoms with Gasteiger partial charge in [-0.1, -0.05) is 0 Å². The van der Waals surface area contributed by atoms with Crippen molar-refractivity contribution in [2.75, 3.05) is 19.6 Å². The number of nitrogens with one attached hydrogen (secondary N) is 1. The van der Waals surface area contributed by atoms with E-state index in [1.54, 1.807) is 0 Å². The van der Waals surface area contributed by atoms with E-state index in [1.807, 2.05) is 0 Å². The van der Waals surface area contributed by atoms with Gasteiger partial charge in [0.05, 0.1) is 0 Å². The molecule has 1 saturated heterocycles. The van der Waals surface area contributed by atoms with Gasteiger partial charge in [0.1, 0.15) is 0 Å². The van der Waals surface area contributed by atoms with Crippen LogP contribution in [-0.4, -0.2) is 36.5 Å². The highest BCUT2D eigenvalue weighted by atomic mass is 16.2. The first-order chi connectivity index (χ1) is 9.31. The maximum Gasteiger partial charge on any atom is 0.222 e. The van der Waals surface area contributed by atoms with Crippen LogP contribution >= 0.6 is 0 Å². The van der Waals surface area contributed by atoms with Crippen LogP contribution in [0.15, 0.2) is 0 Å². The number of hydrogen-bond donors (Lipinski definition) is 1. The van der Waals surface area contributed by atoms with Crippen LogP contribution in [-0.2, 0) is 4.79 Å². The summed E-state index contributed by atoms with van der Waals surface area (Å²) in [7, 11) is 0. The first-order valence-corrected chi connectivity index (χ1v) is 7.75. The third-order valence-corrected chi connectivity index (χ3v) is 4.18. The minimum absolute atomic E-state index is 0.359. The van der Waals surface area contributed by atoms with Crippen LogP contribution in [0.2, 0.25) is 0 Å². The van der Waals surface area contributed by atoms with Crippen LogP contribution in [0.4, 0.5) is 0 Å². The monoisotopic (exact) mass is 262 g/mol. The van der Waals surface area contributed by atoms with E-state index in [9.17, 15) is 4.79 Å². The van der Waals surface area contributed by atoms with Crippen molar-refractivity contribution >= 4 is 5.91 Å². The van der Waals surface area contributed by atoms with Crippen molar-refractivity contribution in [3.8, 4) is 12.3 Å². The number of piperidine rings is 1. The van der Waals surface area contributed by atoms with E-state index in [0.29, 0.717) is 24.3 Å². The van der Waals surface area contributed by atoms with E-state index in [1.165, 1.54) is 25.7 Å². The molecular formula is C16H26N2O. The summed E-state index contributed by atoms with van der Waals surface area (Å²) < 4.78 is 0. The molecule has 1 amide bonds. The molecule has 0 aromatic rings. The maximum atomic E-state index is 12.3. The lowest BCUT2D eigenvalue weighted by atomic mass is 9.97. The van der Waals surface area contributed by atoms with Gasteiger partial charge in [0.15, 0.2) is 0 Å². The minimum atomic E-state index is 0.359. The second kappa shape index (κ2) is 7.55. The van der Waals surface area contributed by atoms with Gasteiger partial charge in [-0.3, -0.25) is 4.79 Å². The number of terminal acetylenes is 1. The van der Waals surface area contributed by atoms with Crippen molar-refractivity contribution in [3.63, 3.8) is 0 Å². The zero-order valence-electron chi connectivity index (χ0n) is 11.9. The molecule has 2 fully saturated rings. The van der Waals surface area contributed by atoms with Crippen molar-refractivity contribution in [1.29, 1.82) is 0 Å². The number of carbonyl (C=O) groups excluding carboxylic acids is 1. The number of amides is 1. The van der Waals surface area contributed by atoms with Crippen molar-refractivity contribution in [1.82, 2.24) is 10.2 Å². The van der Waals surface area contributed by atoms with Crippen LogP contribution in [0.1, 0.15) is 51.4 Å². The summed E-state index contributed by atoms with van der Waals surface area (Å²) in [6, 6.07) is 0.551. The predicted octanol–water partition coefficient (Wildman–Crippen LogP) is 2.17. The predicted molar refractivity (Wildman–Crippen MR) is 77.6 cm³/mol. The quantitative estimate of drug-likeness (QED) is 0.563. The van der Waals surface area contributed by atoms with Gasteiger partial charge in [0.2, 0.25) is 5.91 Å². The third kappa shape index (κ3) is 4.87. The first kappa shape index (κ1) is 14.4. The average Bonchev–Trinajstić information content (AvgIpc) is 3.26. The Bertz CT molecular complexity index is 324. The smallest absolute Gasteiger partial charge is 0.222 e. The van der Waals surface area contributed by atoms with Crippen molar-refractivity contribution in [3.05, 3.63) is 0 Å². The molecule has 0 aromatic carbocycles. The molecule has 1 aliphatic heterocycles. The zero-order chi connectivity index (χ0) is 13.5. The number of rotatable bonds is 7. The zero-order valence-corrected chi connectivity index (χ0v) is 11.9. The first-order valence-electron chi connectivity index (χ1n) is 7.75. The Balaban J connectivity index is 1.75. The molecule has 106 valence electrons. The van der Waals surface area contributed by atoms with Gasteiger partial charge in [-0.25, -0.2) is 0 Å². The van der Waals surface area contributed by atoms with Crippen LogP contribution in [0.5, 0.6) is 0 Å². The Labute approximate surface area is 117 Å². The molecule has 3 nitrogen and oxygen atoms in total. The SMILES string of the molecule is C#CCCCCC(=O)N(CC1CCNCC1)C1CC1. The van der Waals surface area contributed by atoms with Gasteiger partial charge in [0.25, 0.3) is 0 Å². The Hall–Kier alpha value is -1.01. The van der Waals surface area contributed by atoms with Crippen molar-refractivity contribution in [2.45, 2.75) is 57.4 Å². The van der Waals surface area contributed by atoms with Crippen LogP contribution in [0, 0.1) is 18.3 Å². The van der Waals surface area contributed by atoms with E-state index in [2.05, 4.69) is 16.1 Å². The van der Waals surface area contributed by atoms with Crippen LogP contribution in [0.3, 0.4) is 0 Å². The van der Waals surface area contributed by atoms with Gasteiger partial charge >= 0.3 is 0 Å². The summed E-state index contributed by atoms with van der Waals surface area (Å²) in [5, 5.41) is 3.39. The van der Waals surface area contributed by atoms with Gasteiger partial charge in [-0.15, -0.1) is 12.3 Å². The van der Waals surface area contributed by atoms with E-state index >= 15 is 0 Å². The lowest BCUT2D eigenvalue weighted by molar-refractivity contribution is -0.132. The fourth-order valence-electron chi connectivity index (χ4n) is 2.83. The van der Waals surface area contributed by atoms with E-state index in [0.717, 1.165) is 38.9 Å². The summed E-state index contributed by atoms with van der Waals surface area (Å²) in [4.78, 5) is 14.5. The molecular weight excluding hydrogens is 236 g/mol. The molecule has 19 heavy (non-hydrogen) atoms. The van der Waals surface area contributed by atoms with Crippen molar-refractivity contribution in [2.24, 2.45) is 5.92 Å². The molecule has 1 N–H and O–H groups in total. The normalized spacial score (nSPS) is 19.9. The minimum Gasteiger partial charge on any atom is -0.339 e. The molecule has 2 aliphatic rings. The molecule has 0 aromatic heterocycles. The number of unbranched alkanes of at least 4 members (excludes halogenated alkanes) is 2. The Morgan fingerprint density at radius 2 is 1.95 bits per heavy atom. The fraction of sp³-hybridized carbons (Fsp3) is 0.812. The lowest BCUT2D eigenvalue weighted by Crippen LogP contribution is -2.40. The summed E-state index contributed by atoms with van der Waals surface area (Å²) in [6.07, 6.45) is 13.5. The van der Waals surface area contributed by atoms with Crippen LogP contribution in [0.25, 0.3) is 0 Å². The topological polar surface area (TPSA) is 32.3 Å². The number of carbonyl (C=O) groups is 1. The maximum absolute atomic E-state index is 12.3. The third-order valence-electron chi connectivity index (χ3n) is 4.18. The molecule has 0 atom stereocenters. The second-order valence-corrected chi connectivity index (χ2v) is 5.88. The Morgan fingerprint density at radius 3 is 2.58 bits per heavy atom. The second-order valence-electron chi connectivity index (χ2n) is 5.88. The van der Waals surface area contributed by atoms with Gasteiger partial charge in [0, 0.05) is 25.4 Å². The molecule has 3 heteroatoms. The summed E-state index contributed by atoms with van der Waals surface area (Å²) in [5.41, 5.74) is 0. The highest BCUT2D eigenvalue weighted by Crippen LogP contribution is 2.29. The summed E-state index contributed by atoms with van der Waals surface area (Å²) in [5.74, 6) is 3.70. The van der Waals surface area contributed by atoms with Crippen molar-refractivity contribution < 1.29 is 4.79 Å². The van der Waals surface area contributed by atoms with E-state index in [-0.39, 0.29) is 0 Å². The highest BCUT2D eigenvalue weighted by Gasteiger charge is 2.33. The van der Waals surface area contributed by atoms with Gasteiger partial charge in [-0.05, 0) is 57.5 Å². The van der Waals surface area contributed by atoms with E-state index in [4.69, 9.17) is 6.42 Å². The average molecular weight is 262 g/mol. The van der Waals surface area contributed by atoms with Gasteiger partial charge in [-0.2, -0.15) is 0 Å². The Kier molecular flexibility index (Phi) is 5.72.